The van der Waals surface area contributed by atoms with Crippen LogP contribution in [-0.4, -0.2) is 25.9 Å². The molecule has 0 saturated heterocycles. The zero-order valence-corrected chi connectivity index (χ0v) is 13.5. The molecule has 0 heterocycles. The van der Waals surface area contributed by atoms with Crippen molar-refractivity contribution in [1.82, 2.24) is 0 Å². The van der Waals surface area contributed by atoms with E-state index in [9.17, 15) is 0 Å². The second-order valence-corrected chi connectivity index (χ2v) is 5.28. The molecule has 1 atom stereocenters. The summed E-state index contributed by atoms with van der Waals surface area (Å²) in [5.41, 5.74) is 1.17. The molecule has 0 spiro atoms. The van der Waals surface area contributed by atoms with E-state index in [0.29, 0.717) is 19.8 Å². The monoisotopic (exact) mass is 382 g/mol. The van der Waals surface area contributed by atoms with Gasteiger partial charge in [-0.2, -0.15) is 0 Å². The van der Waals surface area contributed by atoms with Crippen LogP contribution < -0.4 is 0 Å². The number of hydrogen-bond acceptors (Lipinski definition) is 4. The van der Waals surface area contributed by atoms with Gasteiger partial charge in [0.1, 0.15) is 6.10 Å². The Kier molecular flexibility index (Phi) is 9.96. The SMILES string of the molecule is CCCOC[C@@H](COSI)OCc1ccccc1. The Morgan fingerprint density at radius 3 is 2.67 bits per heavy atom. The maximum Gasteiger partial charge on any atom is 0.106 e. The minimum absolute atomic E-state index is 0.0148. The summed E-state index contributed by atoms with van der Waals surface area (Å²) in [5, 5.41) is 0. The average Bonchev–Trinajstić information content (AvgIpc) is 2.42. The number of ether oxygens (including phenoxy) is 2. The number of benzene rings is 1. The first-order chi connectivity index (χ1) is 8.86. The van der Waals surface area contributed by atoms with Gasteiger partial charge < -0.3 is 13.7 Å². The van der Waals surface area contributed by atoms with Gasteiger partial charge in [0.2, 0.25) is 0 Å². The summed E-state index contributed by atoms with van der Waals surface area (Å²) in [4.78, 5) is 0. The Morgan fingerprint density at radius 1 is 1.22 bits per heavy atom. The minimum atomic E-state index is -0.0148. The van der Waals surface area contributed by atoms with Crippen LogP contribution in [0.3, 0.4) is 0 Å². The van der Waals surface area contributed by atoms with Crippen LogP contribution in [0.25, 0.3) is 0 Å². The minimum Gasteiger partial charge on any atom is -0.379 e. The molecule has 3 nitrogen and oxygen atoms in total. The quantitative estimate of drug-likeness (QED) is 0.347. The lowest BCUT2D eigenvalue weighted by Crippen LogP contribution is -2.24. The van der Waals surface area contributed by atoms with E-state index in [1.807, 2.05) is 18.2 Å². The molecule has 0 amide bonds. The summed E-state index contributed by atoms with van der Waals surface area (Å²) in [7, 11) is 1.33. The molecule has 0 aliphatic heterocycles. The van der Waals surface area contributed by atoms with Gasteiger partial charge >= 0.3 is 0 Å². The third-order valence-electron chi connectivity index (χ3n) is 2.28. The van der Waals surface area contributed by atoms with E-state index in [2.05, 4.69) is 40.3 Å². The largest absolute Gasteiger partial charge is 0.379 e. The lowest BCUT2D eigenvalue weighted by molar-refractivity contribution is -0.0415. The lowest BCUT2D eigenvalue weighted by atomic mass is 10.2. The van der Waals surface area contributed by atoms with Crippen LogP contribution in [0.2, 0.25) is 0 Å². The fraction of sp³-hybridized carbons (Fsp3) is 0.538. The fourth-order valence-corrected chi connectivity index (χ4v) is 2.04. The van der Waals surface area contributed by atoms with Gasteiger partial charge in [-0.1, -0.05) is 37.3 Å². The van der Waals surface area contributed by atoms with Gasteiger partial charge in [-0.25, -0.2) is 0 Å². The smallest absolute Gasteiger partial charge is 0.106 e. The van der Waals surface area contributed by atoms with E-state index >= 15 is 0 Å². The second-order valence-electron chi connectivity index (χ2n) is 3.84. The topological polar surface area (TPSA) is 27.7 Å². The van der Waals surface area contributed by atoms with E-state index in [1.54, 1.807) is 0 Å². The van der Waals surface area contributed by atoms with Crippen molar-refractivity contribution in [2.75, 3.05) is 19.8 Å². The van der Waals surface area contributed by atoms with Crippen molar-refractivity contribution >= 4 is 30.4 Å². The Balaban J connectivity index is 2.30. The lowest BCUT2D eigenvalue weighted by Gasteiger charge is -2.17. The van der Waals surface area contributed by atoms with Gasteiger partial charge in [0.15, 0.2) is 0 Å². The van der Waals surface area contributed by atoms with Gasteiger partial charge in [0, 0.05) is 27.8 Å². The van der Waals surface area contributed by atoms with Crippen LogP contribution in [0.4, 0.5) is 0 Å². The van der Waals surface area contributed by atoms with E-state index in [4.69, 9.17) is 13.7 Å². The van der Waals surface area contributed by atoms with Gasteiger partial charge in [0.05, 0.1) is 29.0 Å². The molecule has 18 heavy (non-hydrogen) atoms. The first kappa shape index (κ1) is 16.2. The molecule has 0 bridgehead atoms. The third-order valence-corrected chi connectivity index (χ3v) is 3.27. The van der Waals surface area contributed by atoms with Crippen LogP contribution in [-0.2, 0) is 20.3 Å². The van der Waals surface area contributed by atoms with Gasteiger partial charge in [0.25, 0.3) is 0 Å². The molecule has 0 unspecified atom stereocenters. The highest BCUT2D eigenvalue weighted by Crippen LogP contribution is 2.14. The molecule has 102 valence electrons. The molecule has 0 aliphatic carbocycles. The molecule has 0 aliphatic rings. The standard InChI is InChI=1S/C13H19IO3S/c1-2-8-15-10-13(11-17-18-14)16-9-12-6-4-3-5-7-12/h3-7,13H,2,8-11H2,1H3/t13-/m0/s1. The van der Waals surface area contributed by atoms with Crippen molar-refractivity contribution in [1.29, 1.82) is 0 Å². The van der Waals surface area contributed by atoms with Crippen molar-refractivity contribution in [2.45, 2.75) is 26.1 Å². The van der Waals surface area contributed by atoms with Crippen LogP contribution in [0, 0.1) is 0 Å². The predicted octanol–water partition coefficient (Wildman–Crippen LogP) is 4.01. The molecule has 5 heteroatoms. The van der Waals surface area contributed by atoms with Gasteiger partial charge in [-0.15, -0.1) is 0 Å². The van der Waals surface area contributed by atoms with Crippen molar-refractivity contribution < 1.29 is 13.7 Å². The van der Waals surface area contributed by atoms with Crippen molar-refractivity contribution in [3.8, 4) is 0 Å². The molecular formula is C13H19IO3S. The average molecular weight is 382 g/mol. The second kappa shape index (κ2) is 11.0. The first-order valence-corrected chi connectivity index (χ1v) is 9.28. The van der Waals surface area contributed by atoms with Crippen LogP contribution in [0.15, 0.2) is 30.3 Å². The van der Waals surface area contributed by atoms with Crippen LogP contribution in [0.1, 0.15) is 18.9 Å². The Bertz CT molecular complexity index is 298. The van der Waals surface area contributed by atoms with Crippen LogP contribution in [0.5, 0.6) is 0 Å². The maximum absolute atomic E-state index is 5.81. The summed E-state index contributed by atoms with van der Waals surface area (Å²) >= 11 is 2.10. The summed E-state index contributed by atoms with van der Waals surface area (Å²) in [6.45, 7) is 4.58. The number of halogens is 1. The van der Waals surface area contributed by atoms with Crippen molar-refractivity contribution in [3.05, 3.63) is 35.9 Å². The van der Waals surface area contributed by atoms with E-state index in [0.717, 1.165) is 13.0 Å². The summed E-state index contributed by atoms with van der Waals surface area (Å²) < 4.78 is 16.6. The molecule has 0 aromatic heterocycles. The molecule has 0 saturated carbocycles. The predicted molar refractivity (Wildman–Crippen MR) is 83.7 cm³/mol. The Labute approximate surface area is 125 Å². The summed E-state index contributed by atoms with van der Waals surface area (Å²) in [5.74, 6) is 0. The number of rotatable bonds is 10. The first-order valence-electron chi connectivity index (χ1n) is 6.00. The zero-order valence-electron chi connectivity index (χ0n) is 10.5. The van der Waals surface area contributed by atoms with Crippen molar-refractivity contribution in [2.24, 2.45) is 0 Å². The Morgan fingerprint density at radius 2 is 2.00 bits per heavy atom. The van der Waals surface area contributed by atoms with E-state index < -0.39 is 0 Å². The summed E-state index contributed by atoms with van der Waals surface area (Å²) in [6.07, 6.45) is 1.01. The van der Waals surface area contributed by atoms with Gasteiger partial charge in [-0.05, 0) is 12.0 Å². The van der Waals surface area contributed by atoms with E-state index in [-0.39, 0.29) is 6.10 Å². The highest BCUT2D eigenvalue weighted by atomic mass is 127. The fourth-order valence-electron chi connectivity index (χ4n) is 1.39. The molecule has 0 radical (unpaired) electrons. The van der Waals surface area contributed by atoms with Gasteiger partial charge in [-0.3, -0.25) is 0 Å². The highest BCUT2D eigenvalue weighted by molar-refractivity contribution is 14.2. The van der Waals surface area contributed by atoms with E-state index in [1.165, 1.54) is 14.8 Å². The molecule has 1 aromatic carbocycles. The highest BCUT2D eigenvalue weighted by Gasteiger charge is 2.10. The molecule has 0 fully saturated rings. The summed E-state index contributed by atoms with van der Waals surface area (Å²) in [6, 6.07) is 10.1. The maximum atomic E-state index is 5.81. The van der Waals surface area contributed by atoms with Crippen LogP contribution >= 0.6 is 30.4 Å². The molecule has 1 aromatic rings. The number of hydrogen-bond donors (Lipinski definition) is 0. The molecular weight excluding hydrogens is 363 g/mol. The Hall–Kier alpha value is 0.180. The van der Waals surface area contributed by atoms with Crippen molar-refractivity contribution in [3.63, 3.8) is 0 Å². The molecule has 0 N–H and O–H groups in total. The normalized spacial score (nSPS) is 12.6. The zero-order chi connectivity index (χ0) is 13.1. The molecule has 1 rings (SSSR count). The third kappa shape index (κ3) is 7.58.